The number of aromatic nitrogens is 4. The number of pyridine rings is 2. The van der Waals surface area contributed by atoms with E-state index < -0.39 is 27.8 Å². The van der Waals surface area contributed by atoms with Gasteiger partial charge in [-0.05, 0) is 48.7 Å². The second kappa shape index (κ2) is 10.4. The molecule has 6 rings (SSSR count). The number of carbonyl (C=O) groups is 1. The van der Waals surface area contributed by atoms with E-state index in [2.05, 4.69) is 20.9 Å². The number of nitrogens with zero attached hydrogens (tertiary/aromatic N) is 6. The van der Waals surface area contributed by atoms with Crippen LogP contribution in [-0.4, -0.2) is 59.3 Å². The molecule has 0 atom stereocenters. The molecule has 1 aromatic carbocycles. The Hall–Kier alpha value is -4.44. The van der Waals surface area contributed by atoms with Crippen LogP contribution >= 0.6 is 0 Å². The highest BCUT2D eigenvalue weighted by atomic mass is 32.2. The molecule has 13 heteroatoms. The molecule has 4 aromatic rings. The van der Waals surface area contributed by atoms with Crippen molar-refractivity contribution in [2.45, 2.75) is 37.5 Å². The van der Waals surface area contributed by atoms with E-state index in [9.17, 15) is 27.3 Å². The number of piperidine rings is 1. The first-order valence-corrected chi connectivity index (χ1v) is 15.4. The van der Waals surface area contributed by atoms with E-state index in [4.69, 9.17) is 5.10 Å². The fourth-order valence-corrected chi connectivity index (χ4v) is 6.01. The molecule has 0 spiro atoms. The average molecular weight is 592 g/mol. The molecule has 42 heavy (non-hydrogen) atoms. The predicted molar refractivity (Wildman–Crippen MR) is 152 cm³/mol. The van der Waals surface area contributed by atoms with Crippen LogP contribution in [0.15, 0.2) is 54.7 Å². The normalized spacial score (nSPS) is 17.5. The molecule has 1 saturated carbocycles. The number of carbonyl (C=O) groups excluding carboxylic acids is 1. The van der Waals surface area contributed by atoms with Crippen LogP contribution in [0.4, 0.5) is 14.6 Å². The molecule has 0 bridgehead atoms. The number of fused-ring (bicyclic) bond motifs is 1. The quantitative estimate of drug-likeness (QED) is 0.348. The van der Waals surface area contributed by atoms with E-state index in [1.807, 2.05) is 22.9 Å². The standard InChI is InChI=1S/C29H27F2N7O3S/c1-42(40,41)36-28(39)23-13-22(19-7-8-24(33-17-19)37-11-9-18(16-32)10-12-37)25-26(20-14-29(30,31)15-20)35-38(27(25)34-23)21-5-3-2-4-6-21/h2-8,13,17-18,20H,9-12,14-15H2,1H3,(H,36,39). The van der Waals surface area contributed by atoms with E-state index in [-0.39, 0.29) is 30.1 Å². The number of nitriles is 1. The molecule has 1 saturated heterocycles. The minimum absolute atomic E-state index is 0.0283. The number of hydrogen-bond acceptors (Lipinski definition) is 8. The molecule has 0 unspecified atom stereocenters. The molecular weight excluding hydrogens is 564 g/mol. The Kier molecular flexibility index (Phi) is 6.89. The maximum absolute atomic E-state index is 14.0. The van der Waals surface area contributed by atoms with E-state index in [1.54, 1.807) is 30.5 Å². The van der Waals surface area contributed by atoms with Gasteiger partial charge in [0.15, 0.2) is 5.65 Å². The van der Waals surface area contributed by atoms with Crippen LogP contribution in [0.25, 0.3) is 27.8 Å². The second-order valence-corrected chi connectivity index (χ2v) is 12.6. The van der Waals surface area contributed by atoms with Gasteiger partial charge in [0.05, 0.1) is 29.1 Å². The number of benzene rings is 1. The average Bonchev–Trinajstić information content (AvgIpc) is 3.34. The number of amides is 1. The Morgan fingerprint density at radius 2 is 1.83 bits per heavy atom. The van der Waals surface area contributed by atoms with Gasteiger partial charge in [0.1, 0.15) is 11.5 Å². The Morgan fingerprint density at radius 3 is 2.43 bits per heavy atom. The maximum Gasteiger partial charge on any atom is 0.283 e. The summed E-state index contributed by atoms with van der Waals surface area (Å²) in [7, 11) is -3.89. The van der Waals surface area contributed by atoms with Crippen molar-refractivity contribution < 1.29 is 22.0 Å². The molecule has 3 aromatic heterocycles. The highest BCUT2D eigenvalue weighted by molar-refractivity contribution is 7.89. The lowest BCUT2D eigenvalue weighted by atomic mass is 9.78. The molecule has 1 N–H and O–H groups in total. The maximum atomic E-state index is 14.0. The first kappa shape index (κ1) is 27.7. The van der Waals surface area contributed by atoms with Gasteiger partial charge in [-0.25, -0.2) is 36.6 Å². The van der Waals surface area contributed by atoms with Gasteiger partial charge in [-0.1, -0.05) is 18.2 Å². The highest BCUT2D eigenvalue weighted by Gasteiger charge is 2.48. The first-order valence-electron chi connectivity index (χ1n) is 13.5. The van der Waals surface area contributed by atoms with Gasteiger partial charge in [0.2, 0.25) is 15.9 Å². The summed E-state index contributed by atoms with van der Waals surface area (Å²) in [6.07, 6.45) is 3.28. The summed E-state index contributed by atoms with van der Waals surface area (Å²) in [6, 6.07) is 16.4. The highest BCUT2D eigenvalue weighted by Crippen LogP contribution is 2.50. The fourth-order valence-electron chi connectivity index (χ4n) is 5.57. The monoisotopic (exact) mass is 591 g/mol. The summed E-state index contributed by atoms with van der Waals surface area (Å²) in [5.41, 5.74) is 2.17. The van der Waals surface area contributed by atoms with E-state index in [0.717, 1.165) is 24.9 Å². The number of para-hydroxylation sites is 1. The van der Waals surface area contributed by atoms with Crippen LogP contribution in [0.3, 0.4) is 0 Å². The molecule has 216 valence electrons. The van der Waals surface area contributed by atoms with E-state index in [0.29, 0.717) is 41.0 Å². The smallest absolute Gasteiger partial charge is 0.283 e. The fraction of sp³-hybridized carbons (Fsp3) is 0.345. The zero-order valence-corrected chi connectivity index (χ0v) is 23.5. The summed E-state index contributed by atoms with van der Waals surface area (Å²) >= 11 is 0. The van der Waals surface area contributed by atoms with Crippen LogP contribution in [0.5, 0.6) is 0 Å². The molecule has 2 fully saturated rings. The Labute approximate surface area is 241 Å². The number of hydrogen-bond donors (Lipinski definition) is 1. The van der Waals surface area contributed by atoms with Crippen LogP contribution < -0.4 is 9.62 Å². The Balaban J connectivity index is 1.51. The minimum Gasteiger partial charge on any atom is -0.357 e. The molecule has 10 nitrogen and oxygen atoms in total. The van der Waals surface area contributed by atoms with E-state index >= 15 is 0 Å². The Bertz CT molecular complexity index is 1800. The van der Waals surface area contributed by atoms with Crippen molar-refractivity contribution in [3.8, 4) is 22.9 Å². The number of halogens is 2. The van der Waals surface area contributed by atoms with Crippen molar-refractivity contribution in [2.75, 3.05) is 24.2 Å². The molecular formula is C29H27F2N7O3S. The minimum atomic E-state index is -3.89. The molecule has 4 heterocycles. The van der Waals surface area contributed by atoms with Gasteiger partial charge in [-0.15, -0.1) is 0 Å². The zero-order valence-electron chi connectivity index (χ0n) is 22.7. The van der Waals surface area contributed by atoms with Gasteiger partial charge >= 0.3 is 0 Å². The van der Waals surface area contributed by atoms with Gasteiger partial charge in [-0.3, -0.25) is 4.79 Å². The summed E-state index contributed by atoms with van der Waals surface area (Å²) in [5.74, 6) is -3.49. The van der Waals surface area contributed by atoms with Crippen LogP contribution in [0.1, 0.15) is 47.8 Å². The Morgan fingerprint density at radius 1 is 1.12 bits per heavy atom. The lowest BCUT2D eigenvalue weighted by Gasteiger charge is -2.34. The van der Waals surface area contributed by atoms with Gasteiger partial charge < -0.3 is 4.90 Å². The van der Waals surface area contributed by atoms with Gasteiger partial charge in [0, 0.05) is 49.5 Å². The number of rotatable bonds is 6. The lowest BCUT2D eigenvalue weighted by molar-refractivity contribution is -0.0873. The third kappa shape index (κ3) is 5.42. The summed E-state index contributed by atoms with van der Waals surface area (Å²) in [4.78, 5) is 24.3. The lowest BCUT2D eigenvalue weighted by Crippen LogP contribution is -2.34. The molecule has 1 aliphatic heterocycles. The molecule has 2 aliphatic rings. The van der Waals surface area contributed by atoms with Crippen molar-refractivity contribution in [2.24, 2.45) is 5.92 Å². The van der Waals surface area contributed by atoms with Gasteiger partial charge in [-0.2, -0.15) is 10.4 Å². The van der Waals surface area contributed by atoms with Crippen molar-refractivity contribution >= 4 is 32.8 Å². The molecule has 1 aliphatic carbocycles. The number of nitrogens with one attached hydrogen (secondary N) is 1. The van der Waals surface area contributed by atoms with Crippen LogP contribution in [-0.2, 0) is 10.0 Å². The zero-order chi connectivity index (χ0) is 29.6. The van der Waals surface area contributed by atoms with Crippen molar-refractivity contribution in [1.82, 2.24) is 24.5 Å². The first-order chi connectivity index (χ1) is 20.0. The second-order valence-electron chi connectivity index (χ2n) is 10.8. The number of sulfonamides is 1. The third-order valence-electron chi connectivity index (χ3n) is 7.71. The summed E-state index contributed by atoms with van der Waals surface area (Å²) in [6.45, 7) is 1.40. The third-order valence-corrected chi connectivity index (χ3v) is 8.27. The largest absolute Gasteiger partial charge is 0.357 e. The predicted octanol–water partition coefficient (Wildman–Crippen LogP) is 4.42. The summed E-state index contributed by atoms with van der Waals surface area (Å²) in [5, 5.41) is 14.4. The van der Waals surface area contributed by atoms with Crippen LogP contribution in [0, 0.1) is 17.2 Å². The number of anilines is 1. The van der Waals surface area contributed by atoms with Crippen molar-refractivity contribution in [3.05, 3.63) is 66.1 Å². The molecule has 0 radical (unpaired) electrons. The summed E-state index contributed by atoms with van der Waals surface area (Å²) < 4.78 is 55.3. The molecule has 1 amide bonds. The SMILES string of the molecule is CS(=O)(=O)NC(=O)c1cc(-c2ccc(N3CCC(C#N)CC3)nc2)c2c(C3CC(F)(F)C3)nn(-c3ccccc3)c2n1. The van der Waals surface area contributed by atoms with Crippen LogP contribution in [0.2, 0.25) is 0 Å². The van der Waals surface area contributed by atoms with Crippen molar-refractivity contribution in [1.29, 1.82) is 5.26 Å². The van der Waals surface area contributed by atoms with Crippen molar-refractivity contribution in [3.63, 3.8) is 0 Å². The van der Waals surface area contributed by atoms with Gasteiger partial charge in [0.25, 0.3) is 5.91 Å². The number of alkyl halides is 2. The van der Waals surface area contributed by atoms with E-state index in [1.165, 1.54) is 10.7 Å². The topological polar surface area (TPSA) is 134 Å².